The van der Waals surface area contributed by atoms with Crippen LogP contribution in [0, 0.1) is 12.8 Å². The summed E-state index contributed by atoms with van der Waals surface area (Å²) in [6.07, 6.45) is 4.17. The van der Waals surface area contributed by atoms with E-state index in [1.807, 2.05) is 27.0 Å². The fourth-order valence-electron chi connectivity index (χ4n) is 3.07. The van der Waals surface area contributed by atoms with Gasteiger partial charge in [0.25, 0.3) is 0 Å². The van der Waals surface area contributed by atoms with Gasteiger partial charge in [0.15, 0.2) is 0 Å². The Morgan fingerprint density at radius 3 is 2.70 bits per heavy atom. The van der Waals surface area contributed by atoms with Crippen LogP contribution in [0.2, 0.25) is 0 Å². The summed E-state index contributed by atoms with van der Waals surface area (Å²) in [5.41, 5.74) is 1.02. The van der Waals surface area contributed by atoms with E-state index in [1.54, 1.807) is 0 Å². The van der Waals surface area contributed by atoms with E-state index in [-0.39, 0.29) is 23.8 Å². The molecule has 0 unspecified atom stereocenters. The number of aryl methyl sites for hydroxylation is 1. The summed E-state index contributed by atoms with van der Waals surface area (Å²) in [4.78, 5) is 31.7. The van der Waals surface area contributed by atoms with Crippen molar-refractivity contribution < 1.29 is 14.3 Å². The summed E-state index contributed by atoms with van der Waals surface area (Å²) >= 11 is 0. The van der Waals surface area contributed by atoms with E-state index < -0.39 is 12.1 Å². The van der Waals surface area contributed by atoms with Gasteiger partial charge < -0.3 is 20.4 Å². The molecule has 1 aliphatic rings. The molecule has 1 fully saturated rings. The number of carbonyl (C=O) groups is 2. The van der Waals surface area contributed by atoms with E-state index >= 15 is 0 Å². The zero-order valence-corrected chi connectivity index (χ0v) is 14.2. The molecule has 0 bridgehead atoms. The molecule has 1 saturated carbocycles. The van der Waals surface area contributed by atoms with Gasteiger partial charge in [-0.3, -0.25) is 4.79 Å². The molecule has 3 N–H and O–H groups in total. The summed E-state index contributed by atoms with van der Waals surface area (Å²) in [6.45, 7) is 5.75. The van der Waals surface area contributed by atoms with Crippen molar-refractivity contribution in [3.8, 4) is 0 Å². The Morgan fingerprint density at radius 1 is 1.39 bits per heavy atom. The van der Waals surface area contributed by atoms with Crippen LogP contribution in [0.5, 0.6) is 0 Å². The fraction of sp³-hybridized carbons (Fsp3) is 0.688. The second-order valence-electron chi connectivity index (χ2n) is 6.46. The summed E-state index contributed by atoms with van der Waals surface area (Å²) in [5, 5.41) is 5.68. The van der Waals surface area contributed by atoms with Crippen LogP contribution in [0.3, 0.4) is 0 Å². The predicted molar refractivity (Wildman–Crippen MR) is 86.0 cm³/mol. The summed E-state index contributed by atoms with van der Waals surface area (Å²) in [5.74, 6) is 0.913. The van der Waals surface area contributed by atoms with Crippen molar-refractivity contribution in [1.82, 2.24) is 20.6 Å². The average Bonchev–Trinajstić information content (AvgIpc) is 3.12. The number of imidazole rings is 1. The molecule has 0 radical (unpaired) electrons. The molecule has 1 aliphatic carbocycles. The molecular formula is C16H26N4O3. The number of amides is 2. The molecule has 1 aromatic heterocycles. The number of carbonyl (C=O) groups excluding carboxylic acids is 2. The number of nitrogens with one attached hydrogen (secondary N) is 3. The Kier molecular flexibility index (Phi) is 5.63. The number of alkyl carbamates (subject to hydrolysis) is 1. The first-order chi connectivity index (χ1) is 10.9. The van der Waals surface area contributed by atoms with Crippen molar-refractivity contribution in [1.29, 1.82) is 0 Å². The van der Waals surface area contributed by atoms with E-state index in [1.165, 1.54) is 7.11 Å². The third-order valence-electron chi connectivity index (χ3n) is 4.33. The van der Waals surface area contributed by atoms with E-state index in [0.717, 1.165) is 30.8 Å². The van der Waals surface area contributed by atoms with Crippen LogP contribution in [-0.4, -0.2) is 41.2 Å². The van der Waals surface area contributed by atoms with Crippen molar-refractivity contribution in [2.75, 3.05) is 7.11 Å². The van der Waals surface area contributed by atoms with Crippen molar-refractivity contribution in [3.05, 3.63) is 17.7 Å². The van der Waals surface area contributed by atoms with E-state index in [0.29, 0.717) is 0 Å². The van der Waals surface area contributed by atoms with Gasteiger partial charge in [0, 0.05) is 23.9 Å². The van der Waals surface area contributed by atoms with Gasteiger partial charge in [0.05, 0.1) is 7.11 Å². The van der Waals surface area contributed by atoms with Gasteiger partial charge in [0.1, 0.15) is 11.9 Å². The minimum Gasteiger partial charge on any atom is -0.453 e. The van der Waals surface area contributed by atoms with Crippen molar-refractivity contribution >= 4 is 12.0 Å². The van der Waals surface area contributed by atoms with Crippen molar-refractivity contribution in [3.63, 3.8) is 0 Å². The number of aromatic nitrogens is 2. The molecule has 7 nitrogen and oxygen atoms in total. The highest BCUT2D eigenvalue weighted by atomic mass is 16.5. The fourth-order valence-corrected chi connectivity index (χ4v) is 3.07. The lowest BCUT2D eigenvalue weighted by molar-refractivity contribution is -0.124. The first-order valence-corrected chi connectivity index (χ1v) is 8.08. The molecule has 128 valence electrons. The maximum atomic E-state index is 12.6. The number of methoxy groups -OCH3 is 1. The lowest BCUT2D eigenvalue weighted by Crippen LogP contribution is -2.52. The summed E-state index contributed by atoms with van der Waals surface area (Å²) in [6, 6.07) is -0.573. The lowest BCUT2D eigenvalue weighted by atomic mass is 10.00. The molecule has 1 heterocycles. The van der Waals surface area contributed by atoms with Gasteiger partial charge >= 0.3 is 6.09 Å². The summed E-state index contributed by atoms with van der Waals surface area (Å²) < 4.78 is 4.60. The lowest BCUT2D eigenvalue weighted by Gasteiger charge is -2.25. The van der Waals surface area contributed by atoms with Gasteiger partial charge in [-0.15, -0.1) is 0 Å². The standard InChI is InChI=1S/C16H26N4O3/c1-9(2)13(20-16(22)23-4)15(21)19-12-7-5-6-11(12)14-17-8-10(3)18-14/h8-9,11-13H,5-7H2,1-4H3,(H,17,18)(H,19,21)(H,20,22)/t11-,12-,13-/m0/s1. The quantitative estimate of drug-likeness (QED) is 0.771. The SMILES string of the molecule is COC(=O)N[C@H](C(=O)N[C@H]1CCC[C@@H]1c1ncc(C)[nH]1)C(C)C. The molecule has 3 atom stereocenters. The Hall–Kier alpha value is -2.05. The third-order valence-corrected chi connectivity index (χ3v) is 4.33. The first-order valence-electron chi connectivity index (χ1n) is 8.08. The second-order valence-corrected chi connectivity index (χ2v) is 6.46. The number of rotatable bonds is 5. The molecule has 23 heavy (non-hydrogen) atoms. The second kappa shape index (κ2) is 7.48. The van der Waals surface area contributed by atoms with Gasteiger partial charge in [-0.05, 0) is 25.7 Å². The van der Waals surface area contributed by atoms with Crippen LogP contribution in [0.4, 0.5) is 4.79 Å². The van der Waals surface area contributed by atoms with Crippen molar-refractivity contribution in [2.24, 2.45) is 5.92 Å². The van der Waals surface area contributed by atoms with E-state index in [4.69, 9.17) is 0 Å². The molecule has 7 heteroatoms. The monoisotopic (exact) mass is 322 g/mol. The number of ether oxygens (including phenoxy) is 1. The highest BCUT2D eigenvalue weighted by Gasteiger charge is 2.34. The molecule has 1 aromatic rings. The van der Waals surface area contributed by atoms with Gasteiger partial charge in [0.2, 0.25) is 5.91 Å². The van der Waals surface area contributed by atoms with E-state index in [2.05, 4.69) is 25.3 Å². The Labute approximate surface area is 136 Å². The number of H-pyrrole nitrogens is 1. The molecule has 0 aliphatic heterocycles. The minimum atomic E-state index is -0.609. The van der Waals surface area contributed by atoms with Gasteiger partial charge in [-0.2, -0.15) is 0 Å². The van der Waals surface area contributed by atoms with Crippen LogP contribution in [-0.2, 0) is 9.53 Å². The normalized spacial score (nSPS) is 22.0. The van der Waals surface area contributed by atoms with Gasteiger partial charge in [-0.25, -0.2) is 9.78 Å². The smallest absolute Gasteiger partial charge is 0.407 e. The number of hydrogen-bond donors (Lipinski definition) is 3. The van der Waals surface area contributed by atoms with Crippen LogP contribution in [0.15, 0.2) is 6.20 Å². The number of nitrogens with zero attached hydrogens (tertiary/aromatic N) is 1. The largest absolute Gasteiger partial charge is 0.453 e. The third kappa shape index (κ3) is 4.24. The molecule has 0 aromatic carbocycles. The molecule has 2 rings (SSSR count). The zero-order chi connectivity index (χ0) is 17.0. The van der Waals surface area contributed by atoms with Crippen LogP contribution >= 0.6 is 0 Å². The summed E-state index contributed by atoms with van der Waals surface area (Å²) in [7, 11) is 1.29. The molecule has 0 spiro atoms. The maximum absolute atomic E-state index is 12.6. The minimum absolute atomic E-state index is 0.0280. The highest BCUT2D eigenvalue weighted by molar-refractivity contribution is 5.86. The van der Waals surface area contributed by atoms with Gasteiger partial charge in [-0.1, -0.05) is 20.3 Å². The number of aromatic amines is 1. The molecule has 0 saturated heterocycles. The van der Waals surface area contributed by atoms with E-state index in [9.17, 15) is 9.59 Å². The molecular weight excluding hydrogens is 296 g/mol. The highest BCUT2D eigenvalue weighted by Crippen LogP contribution is 2.33. The Morgan fingerprint density at radius 2 is 2.13 bits per heavy atom. The zero-order valence-electron chi connectivity index (χ0n) is 14.2. The predicted octanol–water partition coefficient (Wildman–Crippen LogP) is 1.85. The van der Waals surface area contributed by atoms with Crippen LogP contribution in [0.25, 0.3) is 0 Å². The average molecular weight is 322 g/mol. The van der Waals surface area contributed by atoms with Crippen LogP contribution < -0.4 is 10.6 Å². The van der Waals surface area contributed by atoms with Crippen LogP contribution in [0.1, 0.15) is 50.5 Å². The van der Waals surface area contributed by atoms with Crippen molar-refractivity contribution in [2.45, 2.75) is 58.0 Å². The topological polar surface area (TPSA) is 96.1 Å². The molecule has 2 amide bonds. The maximum Gasteiger partial charge on any atom is 0.407 e. The number of hydrogen-bond acceptors (Lipinski definition) is 4. The Bertz CT molecular complexity index is 555. The first kappa shape index (κ1) is 17.3. The Balaban J connectivity index is 2.03.